The molecule has 1 aromatic carbocycles. The molecule has 3 N–H and O–H groups in total. The number of hydrogen-bond acceptors (Lipinski definition) is 3. The molecule has 2 rings (SSSR count). The van der Waals surface area contributed by atoms with Gasteiger partial charge in [-0.05, 0) is 12.1 Å². The van der Waals surface area contributed by atoms with Crippen LogP contribution in [0.5, 0.6) is 5.75 Å². The van der Waals surface area contributed by atoms with E-state index in [2.05, 4.69) is 0 Å². The maximum absolute atomic E-state index is 9.67. The van der Waals surface area contributed by atoms with Gasteiger partial charge in [0.1, 0.15) is 18.5 Å². The van der Waals surface area contributed by atoms with Gasteiger partial charge in [-0.2, -0.15) is 0 Å². The predicted octanol–water partition coefficient (Wildman–Crippen LogP) is 1.09. The molecule has 1 aliphatic heterocycles. The third-order valence-electron chi connectivity index (χ3n) is 2.13. The van der Waals surface area contributed by atoms with Crippen LogP contribution in [0.15, 0.2) is 18.2 Å². The molecule has 70 valence electrons. The van der Waals surface area contributed by atoms with Crippen LogP contribution in [0, 0.1) is 0 Å². The molecule has 0 amide bonds. The summed E-state index contributed by atoms with van der Waals surface area (Å²) in [6, 6.07) is 4.78. The average molecular weight is 200 g/mol. The molecule has 0 fully saturated rings. The Kier molecular flexibility index (Phi) is 2.15. The van der Waals surface area contributed by atoms with Crippen molar-refractivity contribution in [2.24, 2.45) is 5.73 Å². The van der Waals surface area contributed by atoms with Crippen LogP contribution in [0.2, 0.25) is 5.02 Å². The minimum atomic E-state index is -0.652. The standard InChI is InChI=1S/C9H10ClNO2/c10-5-1-2-6-8(3-5)13-4-7(11)9(6)12/h1-3,7,9,12H,4,11H2/t7-,9?/m0/s1. The Bertz CT molecular complexity index is 329. The van der Waals surface area contributed by atoms with Crippen LogP contribution in [0.1, 0.15) is 11.7 Å². The number of rotatable bonds is 0. The van der Waals surface area contributed by atoms with Crippen molar-refractivity contribution in [1.29, 1.82) is 0 Å². The quantitative estimate of drug-likeness (QED) is 0.658. The molecule has 4 heteroatoms. The number of fused-ring (bicyclic) bond motifs is 1. The Labute approximate surface area is 81.1 Å². The third kappa shape index (κ3) is 1.50. The molecule has 3 nitrogen and oxygen atoms in total. The monoisotopic (exact) mass is 199 g/mol. The van der Waals surface area contributed by atoms with Crippen LogP contribution in [0.4, 0.5) is 0 Å². The highest BCUT2D eigenvalue weighted by Crippen LogP contribution is 2.33. The van der Waals surface area contributed by atoms with E-state index in [0.29, 0.717) is 22.9 Å². The number of nitrogens with two attached hydrogens (primary N) is 1. The van der Waals surface area contributed by atoms with E-state index in [4.69, 9.17) is 22.1 Å². The Balaban J connectivity index is 2.44. The summed E-state index contributed by atoms with van der Waals surface area (Å²) in [5.41, 5.74) is 6.33. The summed E-state index contributed by atoms with van der Waals surface area (Å²) >= 11 is 5.77. The summed E-state index contributed by atoms with van der Waals surface area (Å²) in [5, 5.41) is 10.3. The predicted molar refractivity (Wildman–Crippen MR) is 49.9 cm³/mol. The zero-order chi connectivity index (χ0) is 9.42. The van der Waals surface area contributed by atoms with E-state index in [9.17, 15) is 5.11 Å². The second-order valence-electron chi connectivity index (χ2n) is 3.10. The summed E-state index contributed by atoms with van der Waals surface area (Å²) in [4.78, 5) is 0. The van der Waals surface area contributed by atoms with Gasteiger partial charge in [-0.3, -0.25) is 0 Å². The SMILES string of the molecule is N[C@H]1COc2cc(Cl)ccc2C1O. The summed E-state index contributed by atoms with van der Waals surface area (Å²) < 4.78 is 5.32. The van der Waals surface area contributed by atoms with Gasteiger partial charge in [-0.25, -0.2) is 0 Å². The fourth-order valence-electron chi connectivity index (χ4n) is 1.39. The molecule has 0 aliphatic carbocycles. The molecule has 0 saturated carbocycles. The first-order chi connectivity index (χ1) is 6.18. The van der Waals surface area contributed by atoms with Gasteiger partial charge >= 0.3 is 0 Å². The molecule has 1 heterocycles. The lowest BCUT2D eigenvalue weighted by molar-refractivity contribution is 0.0916. The number of halogens is 1. The van der Waals surface area contributed by atoms with Crippen molar-refractivity contribution in [2.75, 3.05) is 6.61 Å². The van der Waals surface area contributed by atoms with Crippen molar-refractivity contribution >= 4 is 11.6 Å². The maximum Gasteiger partial charge on any atom is 0.126 e. The fraction of sp³-hybridized carbons (Fsp3) is 0.333. The van der Waals surface area contributed by atoms with Gasteiger partial charge in [0, 0.05) is 10.6 Å². The molecule has 1 aliphatic rings. The topological polar surface area (TPSA) is 55.5 Å². The van der Waals surface area contributed by atoms with Crippen LogP contribution >= 0.6 is 11.6 Å². The minimum absolute atomic E-state index is 0.328. The van der Waals surface area contributed by atoms with Gasteiger partial charge < -0.3 is 15.6 Å². The molecule has 0 radical (unpaired) electrons. The first-order valence-electron chi connectivity index (χ1n) is 4.04. The van der Waals surface area contributed by atoms with Crippen molar-refractivity contribution in [3.63, 3.8) is 0 Å². The van der Waals surface area contributed by atoms with E-state index in [1.165, 1.54) is 0 Å². The van der Waals surface area contributed by atoms with Gasteiger partial charge in [0.2, 0.25) is 0 Å². The zero-order valence-corrected chi connectivity index (χ0v) is 7.66. The first kappa shape index (κ1) is 8.81. The highest BCUT2D eigenvalue weighted by molar-refractivity contribution is 6.30. The van der Waals surface area contributed by atoms with Crippen molar-refractivity contribution < 1.29 is 9.84 Å². The molecule has 0 aromatic heterocycles. The molecule has 0 saturated heterocycles. The van der Waals surface area contributed by atoms with Crippen molar-refractivity contribution in [3.05, 3.63) is 28.8 Å². The van der Waals surface area contributed by atoms with E-state index < -0.39 is 6.10 Å². The van der Waals surface area contributed by atoms with Gasteiger partial charge in [-0.15, -0.1) is 0 Å². The smallest absolute Gasteiger partial charge is 0.126 e. The minimum Gasteiger partial charge on any atom is -0.491 e. The number of aliphatic hydroxyl groups excluding tert-OH is 1. The normalized spacial score (nSPS) is 26.4. The number of hydrogen-bond donors (Lipinski definition) is 2. The molecular formula is C9H10ClNO2. The lowest BCUT2D eigenvalue weighted by Gasteiger charge is -2.27. The summed E-state index contributed by atoms with van der Waals surface area (Å²) in [6.45, 7) is 0.328. The summed E-state index contributed by atoms with van der Waals surface area (Å²) in [5.74, 6) is 0.627. The van der Waals surface area contributed by atoms with Crippen LogP contribution in [-0.2, 0) is 0 Å². The van der Waals surface area contributed by atoms with Crippen molar-refractivity contribution in [3.8, 4) is 5.75 Å². The largest absolute Gasteiger partial charge is 0.491 e. The highest BCUT2D eigenvalue weighted by atomic mass is 35.5. The van der Waals surface area contributed by atoms with Gasteiger partial charge in [0.25, 0.3) is 0 Å². The molecule has 13 heavy (non-hydrogen) atoms. The number of benzene rings is 1. The van der Waals surface area contributed by atoms with E-state index in [-0.39, 0.29) is 6.04 Å². The summed E-state index contributed by atoms with van der Waals surface area (Å²) in [7, 11) is 0. The van der Waals surface area contributed by atoms with E-state index >= 15 is 0 Å². The zero-order valence-electron chi connectivity index (χ0n) is 6.90. The molecule has 0 bridgehead atoms. The molecule has 1 aromatic rings. The van der Waals surface area contributed by atoms with Crippen LogP contribution in [0.25, 0.3) is 0 Å². The fourth-order valence-corrected chi connectivity index (χ4v) is 1.55. The maximum atomic E-state index is 9.67. The molecule has 2 atom stereocenters. The van der Waals surface area contributed by atoms with Gasteiger partial charge in [-0.1, -0.05) is 17.7 Å². The van der Waals surface area contributed by atoms with E-state index in [0.717, 1.165) is 0 Å². The summed E-state index contributed by atoms with van der Waals surface area (Å²) in [6.07, 6.45) is -0.652. The average Bonchev–Trinajstić information content (AvgIpc) is 2.12. The molecular weight excluding hydrogens is 190 g/mol. The second kappa shape index (κ2) is 3.18. The lowest BCUT2D eigenvalue weighted by atomic mass is 10.0. The van der Waals surface area contributed by atoms with Gasteiger partial charge in [0.15, 0.2) is 0 Å². The molecule has 0 spiro atoms. The van der Waals surface area contributed by atoms with Crippen LogP contribution in [-0.4, -0.2) is 17.8 Å². The third-order valence-corrected chi connectivity index (χ3v) is 2.37. The Morgan fingerprint density at radius 2 is 2.31 bits per heavy atom. The Morgan fingerprint density at radius 3 is 3.08 bits per heavy atom. The van der Waals surface area contributed by atoms with E-state index in [1.807, 2.05) is 0 Å². The van der Waals surface area contributed by atoms with Crippen LogP contribution in [0.3, 0.4) is 0 Å². The molecule has 1 unspecified atom stereocenters. The van der Waals surface area contributed by atoms with E-state index in [1.54, 1.807) is 18.2 Å². The Morgan fingerprint density at radius 1 is 1.54 bits per heavy atom. The second-order valence-corrected chi connectivity index (χ2v) is 3.54. The number of aliphatic hydroxyl groups is 1. The van der Waals surface area contributed by atoms with Crippen LogP contribution < -0.4 is 10.5 Å². The lowest BCUT2D eigenvalue weighted by Crippen LogP contribution is -2.38. The van der Waals surface area contributed by atoms with Crippen molar-refractivity contribution in [1.82, 2.24) is 0 Å². The number of ether oxygens (including phenoxy) is 1. The first-order valence-corrected chi connectivity index (χ1v) is 4.42. The van der Waals surface area contributed by atoms with Gasteiger partial charge in [0.05, 0.1) is 6.04 Å². The van der Waals surface area contributed by atoms with Crippen molar-refractivity contribution in [2.45, 2.75) is 12.1 Å². The highest BCUT2D eigenvalue weighted by Gasteiger charge is 2.26. The Hall–Kier alpha value is -0.770.